The third kappa shape index (κ3) is 1.04. The van der Waals surface area contributed by atoms with Crippen molar-refractivity contribution in [2.75, 3.05) is 0 Å². The lowest BCUT2D eigenvalue weighted by Gasteiger charge is -2.57. The van der Waals surface area contributed by atoms with Gasteiger partial charge >= 0.3 is 0 Å². The summed E-state index contributed by atoms with van der Waals surface area (Å²) in [5.74, 6) is 0.0522. The van der Waals surface area contributed by atoms with Crippen molar-refractivity contribution >= 4 is 0 Å². The van der Waals surface area contributed by atoms with Crippen LogP contribution in [0.2, 0.25) is 0 Å². The van der Waals surface area contributed by atoms with Gasteiger partial charge in [-0.1, -0.05) is 32.4 Å². The van der Waals surface area contributed by atoms with E-state index in [0.717, 1.165) is 0 Å². The van der Waals surface area contributed by atoms with Crippen molar-refractivity contribution in [3.63, 3.8) is 0 Å². The Morgan fingerprint density at radius 3 is 3.07 bits per heavy atom. The average Bonchev–Trinajstić information content (AvgIpc) is 2.66. The van der Waals surface area contributed by atoms with Crippen LogP contribution >= 0.6 is 0 Å². The maximum atomic E-state index is 8.46. The van der Waals surface area contributed by atoms with Crippen molar-refractivity contribution < 1.29 is 8.22 Å². The van der Waals surface area contributed by atoms with Gasteiger partial charge in [0.1, 0.15) is 0 Å². The molecule has 0 aliphatic heterocycles. The van der Waals surface area contributed by atoms with Crippen molar-refractivity contribution in [1.29, 1.82) is 0 Å². The van der Waals surface area contributed by atoms with Crippen LogP contribution in [0.25, 0.3) is 0 Å². The zero-order valence-corrected chi connectivity index (χ0v) is 9.59. The minimum absolute atomic E-state index is 0.0378. The van der Waals surface area contributed by atoms with Crippen molar-refractivity contribution in [2.24, 2.45) is 35.0 Å². The van der Waals surface area contributed by atoms with Crippen LogP contribution < -0.4 is 0 Å². The van der Waals surface area contributed by atoms with Gasteiger partial charge in [-0.25, -0.2) is 0 Å². The highest BCUT2D eigenvalue weighted by molar-refractivity contribution is 5.20. The second-order valence-corrected chi connectivity index (χ2v) is 5.75. The SMILES string of the molecule is [2H]C([2H])C(=C)[C@H]1CC([2H])([2H])[C@@]2(C)[C@@H]1[C@@H]1[C@H](C)C([2H])([2H])C[C@@H]12. The maximum Gasteiger partial charge on any atom is 0.0276 e. The molecule has 0 heterocycles. The van der Waals surface area contributed by atoms with Gasteiger partial charge in [-0.3, -0.25) is 0 Å². The van der Waals surface area contributed by atoms with Crippen LogP contribution in [0, 0.1) is 35.0 Å². The Kier molecular flexibility index (Phi) is 1.04. The third-order valence-corrected chi connectivity index (χ3v) is 5.19. The lowest BCUT2D eigenvalue weighted by Crippen LogP contribution is -2.53. The molecule has 0 saturated heterocycles. The van der Waals surface area contributed by atoms with E-state index in [1.807, 2.05) is 13.8 Å². The first-order valence-electron chi connectivity index (χ1n) is 9.14. The van der Waals surface area contributed by atoms with Crippen LogP contribution in [0.4, 0.5) is 0 Å². The van der Waals surface area contributed by atoms with Gasteiger partial charge in [-0.15, -0.1) is 0 Å². The lowest BCUT2D eigenvalue weighted by atomic mass is 9.47. The Balaban J connectivity index is 2.00. The zero-order valence-electron chi connectivity index (χ0n) is 15.6. The molecule has 6 atom stereocenters. The quantitative estimate of drug-likeness (QED) is 0.567. The smallest absolute Gasteiger partial charge is 0.0276 e. The molecule has 0 N–H and O–H groups in total. The molecule has 3 aliphatic rings. The van der Waals surface area contributed by atoms with Crippen LogP contribution in [0.1, 0.15) is 54.5 Å². The predicted octanol–water partition coefficient (Wildman–Crippen LogP) is 4.27. The topological polar surface area (TPSA) is 0 Å². The molecular formula is C15H24. The minimum atomic E-state index is -1.36. The van der Waals surface area contributed by atoms with Gasteiger partial charge < -0.3 is 0 Å². The molecule has 0 unspecified atom stereocenters. The van der Waals surface area contributed by atoms with Crippen LogP contribution in [0.3, 0.4) is 0 Å². The van der Waals surface area contributed by atoms with E-state index in [1.54, 1.807) is 0 Å². The summed E-state index contributed by atoms with van der Waals surface area (Å²) in [6.07, 6.45) is -1.81. The molecule has 0 amide bonds. The van der Waals surface area contributed by atoms with Gasteiger partial charge in [0.25, 0.3) is 0 Å². The summed E-state index contributed by atoms with van der Waals surface area (Å²) < 4.78 is 48.5. The first kappa shape index (κ1) is 5.38. The third-order valence-electron chi connectivity index (χ3n) is 5.19. The van der Waals surface area contributed by atoms with Gasteiger partial charge in [-0.2, -0.15) is 0 Å². The van der Waals surface area contributed by atoms with Crippen molar-refractivity contribution in [2.45, 2.75) is 46.3 Å². The van der Waals surface area contributed by atoms with Crippen LogP contribution in [0.15, 0.2) is 12.2 Å². The molecule has 3 rings (SSSR count). The van der Waals surface area contributed by atoms with E-state index in [0.29, 0.717) is 18.4 Å². The molecule has 0 aromatic carbocycles. The highest BCUT2D eigenvalue weighted by Gasteiger charge is 2.66. The fourth-order valence-corrected chi connectivity index (χ4v) is 4.39. The maximum absolute atomic E-state index is 8.46. The Morgan fingerprint density at radius 2 is 2.33 bits per heavy atom. The minimum Gasteiger partial charge on any atom is -0.0998 e. The summed E-state index contributed by atoms with van der Waals surface area (Å²) in [7, 11) is 0. The normalized spacial score (nSPS) is 69.9. The van der Waals surface area contributed by atoms with Crippen LogP contribution in [-0.4, -0.2) is 0 Å². The fourth-order valence-electron chi connectivity index (χ4n) is 4.39. The number of allylic oxidation sites excluding steroid dienone is 1. The molecule has 84 valence electrons. The van der Waals surface area contributed by atoms with E-state index < -0.39 is 25.0 Å². The molecule has 0 nitrogen and oxygen atoms in total. The Hall–Kier alpha value is -0.260. The monoisotopic (exact) mass is 210 g/mol. The van der Waals surface area contributed by atoms with Gasteiger partial charge in [0.2, 0.25) is 0 Å². The van der Waals surface area contributed by atoms with Gasteiger partial charge in [-0.05, 0) is 61.1 Å². The summed E-state index contributed by atoms with van der Waals surface area (Å²) in [5, 5.41) is 0. The van der Waals surface area contributed by atoms with E-state index in [2.05, 4.69) is 6.58 Å². The highest BCUT2D eigenvalue weighted by atomic mass is 14.7. The van der Waals surface area contributed by atoms with Crippen molar-refractivity contribution in [3.05, 3.63) is 12.2 Å². The largest absolute Gasteiger partial charge is 0.0998 e. The molecule has 0 radical (unpaired) electrons. The number of hydrogen-bond donors (Lipinski definition) is 0. The molecule has 0 heteroatoms. The summed E-state index contributed by atoms with van der Waals surface area (Å²) in [4.78, 5) is 0. The van der Waals surface area contributed by atoms with Crippen LogP contribution in [0.5, 0.6) is 0 Å². The van der Waals surface area contributed by atoms with E-state index in [9.17, 15) is 0 Å². The molecule has 0 bridgehead atoms. The molecule has 0 aromatic rings. The Labute approximate surface area is 103 Å². The number of fused-ring (bicyclic) bond motifs is 4. The summed E-state index contributed by atoms with van der Waals surface area (Å²) in [6.45, 7) is 6.67. The fraction of sp³-hybridized carbons (Fsp3) is 0.867. The molecular weight excluding hydrogens is 180 g/mol. The highest BCUT2D eigenvalue weighted by Crippen LogP contribution is 2.73. The van der Waals surface area contributed by atoms with Gasteiger partial charge in [0.15, 0.2) is 0 Å². The number of hydrogen-bond acceptors (Lipinski definition) is 0. The Bertz CT molecular complexity index is 485. The van der Waals surface area contributed by atoms with Gasteiger partial charge in [0.05, 0.1) is 0 Å². The lowest BCUT2D eigenvalue weighted by molar-refractivity contribution is -0.0940. The standard InChI is InChI=1S/C15H24/c1-9(2)11-7-8-15(4)12-6-5-10(3)13(12)14(11)15/h10-14H,1,5-8H2,2-4H3/t10-,11-,12+,13-,14+,15-/m1/s1/i2D2,5D2,8D2. The molecule has 15 heavy (non-hydrogen) atoms. The first-order chi connectivity index (χ1) is 9.45. The summed E-state index contributed by atoms with van der Waals surface area (Å²) in [5.41, 5.74) is -0.0242. The van der Waals surface area contributed by atoms with E-state index in [1.165, 1.54) is 0 Å². The molecule has 3 saturated carbocycles. The molecule has 3 aliphatic carbocycles. The second-order valence-electron chi connectivity index (χ2n) is 5.75. The van der Waals surface area contributed by atoms with Crippen molar-refractivity contribution in [3.8, 4) is 0 Å². The summed E-state index contributed by atoms with van der Waals surface area (Å²) >= 11 is 0. The predicted molar refractivity (Wildman–Crippen MR) is 64.5 cm³/mol. The molecule has 0 spiro atoms. The van der Waals surface area contributed by atoms with Gasteiger partial charge in [0, 0.05) is 8.22 Å². The van der Waals surface area contributed by atoms with E-state index in [-0.39, 0.29) is 29.6 Å². The average molecular weight is 210 g/mol. The van der Waals surface area contributed by atoms with E-state index in [4.69, 9.17) is 8.22 Å². The Morgan fingerprint density at radius 1 is 1.53 bits per heavy atom. The number of rotatable bonds is 1. The second kappa shape index (κ2) is 2.90. The van der Waals surface area contributed by atoms with Crippen molar-refractivity contribution in [1.82, 2.24) is 0 Å². The van der Waals surface area contributed by atoms with Crippen LogP contribution in [-0.2, 0) is 0 Å². The molecule has 3 fully saturated rings. The summed E-state index contributed by atoms with van der Waals surface area (Å²) in [6, 6.07) is 0. The van der Waals surface area contributed by atoms with E-state index >= 15 is 0 Å². The first-order valence-corrected chi connectivity index (χ1v) is 5.98. The molecule has 0 aromatic heterocycles. The zero-order chi connectivity index (χ0) is 16.0.